The summed E-state index contributed by atoms with van der Waals surface area (Å²) in [5.74, 6) is 0.186. The van der Waals surface area contributed by atoms with Gasteiger partial charge in [0.15, 0.2) is 5.78 Å². The Labute approximate surface area is 90.7 Å². The number of hydrogen-bond donors (Lipinski definition) is 1. The molecule has 4 nitrogen and oxygen atoms in total. The first-order chi connectivity index (χ1) is 7.13. The van der Waals surface area contributed by atoms with Gasteiger partial charge in [-0.05, 0) is 26.5 Å². The van der Waals surface area contributed by atoms with E-state index >= 15 is 0 Å². The SMILES string of the molecule is CCNCC(=O)Cc1ccn(C(C)C)n1. The maximum atomic E-state index is 11.4. The summed E-state index contributed by atoms with van der Waals surface area (Å²) in [6.45, 7) is 7.38. The molecule has 84 valence electrons. The second-order valence-corrected chi connectivity index (χ2v) is 3.88. The van der Waals surface area contributed by atoms with Gasteiger partial charge in [0, 0.05) is 12.2 Å². The van der Waals surface area contributed by atoms with Crippen LogP contribution in [0.25, 0.3) is 0 Å². The van der Waals surface area contributed by atoms with Crippen LogP contribution in [-0.2, 0) is 11.2 Å². The van der Waals surface area contributed by atoms with E-state index in [0.29, 0.717) is 19.0 Å². The molecule has 1 aromatic rings. The highest BCUT2D eigenvalue weighted by molar-refractivity contribution is 5.82. The van der Waals surface area contributed by atoms with E-state index in [1.807, 2.05) is 23.9 Å². The summed E-state index contributed by atoms with van der Waals surface area (Å²) >= 11 is 0. The van der Waals surface area contributed by atoms with E-state index in [0.717, 1.165) is 12.2 Å². The van der Waals surface area contributed by atoms with Crippen LogP contribution in [-0.4, -0.2) is 28.7 Å². The second kappa shape index (κ2) is 5.66. The van der Waals surface area contributed by atoms with Crippen molar-refractivity contribution in [3.63, 3.8) is 0 Å². The lowest BCUT2D eigenvalue weighted by Crippen LogP contribution is -2.23. The fourth-order valence-electron chi connectivity index (χ4n) is 1.29. The van der Waals surface area contributed by atoms with Crippen LogP contribution in [0.15, 0.2) is 12.3 Å². The van der Waals surface area contributed by atoms with Crippen molar-refractivity contribution in [1.29, 1.82) is 0 Å². The number of nitrogens with zero attached hydrogens (tertiary/aromatic N) is 2. The van der Waals surface area contributed by atoms with E-state index in [-0.39, 0.29) is 5.78 Å². The number of carbonyl (C=O) groups is 1. The third kappa shape index (κ3) is 3.83. The lowest BCUT2D eigenvalue weighted by Gasteiger charge is -2.03. The van der Waals surface area contributed by atoms with Crippen LogP contribution in [0.4, 0.5) is 0 Å². The third-order valence-electron chi connectivity index (χ3n) is 2.14. The Bertz CT molecular complexity index is 317. The van der Waals surface area contributed by atoms with E-state index < -0.39 is 0 Å². The minimum absolute atomic E-state index is 0.186. The molecular weight excluding hydrogens is 190 g/mol. The van der Waals surface area contributed by atoms with Gasteiger partial charge in [-0.1, -0.05) is 6.92 Å². The van der Waals surface area contributed by atoms with Gasteiger partial charge in [-0.3, -0.25) is 9.48 Å². The van der Waals surface area contributed by atoms with Gasteiger partial charge in [-0.25, -0.2) is 0 Å². The van der Waals surface area contributed by atoms with E-state index in [1.165, 1.54) is 0 Å². The number of likely N-dealkylation sites (N-methyl/N-ethyl adjacent to an activating group) is 1. The molecule has 1 heterocycles. The van der Waals surface area contributed by atoms with Gasteiger partial charge in [0.1, 0.15) is 0 Å². The molecule has 0 spiro atoms. The van der Waals surface area contributed by atoms with Crippen LogP contribution < -0.4 is 5.32 Å². The molecule has 0 saturated carbocycles. The van der Waals surface area contributed by atoms with Crippen molar-refractivity contribution < 1.29 is 4.79 Å². The zero-order valence-electron chi connectivity index (χ0n) is 9.66. The van der Waals surface area contributed by atoms with Gasteiger partial charge >= 0.3 is 0 Å². The number of ketones is 1. The van der Waals surface area contributed by atoms with Gasteiger partial charge in [-0.2, -0.15) is 5.10 Å². The molecule has 0 saturated heterocycles. The Morgan fingerprint density at radius 2 is 2.33 bits per heavy atom. The van der Waals surface area contributed by atoms with Crippen molar-refractivity contribution in [1.82, 2.24) is 15.1 Å². The van der Waals surface area contributed by atoms with E-state index in [1.54, 1.807) is 0 Å². The monoisotopic (exact) mass is 209 g/mol. The predicted octanol–water partition coefficient (Wildman–Crippen LogP) is 1.19. The lowest BCUT2D eigenvalue weighted by atomic mass is 10.2. The number of aromatic nitrogens is 2. The molecule has 0 atom stereocenters. The van der Waals surface area contributed by atoms with Crippen molar-refractivity contribution in [3.8, 4) is 0 Å². The molecule has 0 aliphatic rings. The topological polar surface area (TPSA) is 46.9 Å². The van der Waals surface area contributed by atoms with Gasteiger partial charge in [0.25, 0.3) is 0 Å². The molecule has 0 radical (unpaired) electrons. The fraction of sp³-hybridized carbons (Fsp3) is 0.636. The fourth-order valence-corrected chi connectivity index (χ4v) is 1.29. The summed E-state index contributed by atoms with van der Waals surface area (Å²) < 4.78 is 1.87. The molecule has 0 aliphatic carbocycles. The largest absolute Gasteiger partial charge is 0.310 e. The van der Waals surface area contributed by atoms with Gasteiger partial charge in [0.2, 0.25) is 0 Å². The molecule has 0 unspecified atom stereocenters. The molecule has 0 amide bonds. The first-order valence-electron chi connectivity index (χ1n) is 5.40. The van der Waals surface area contributed by atoms with Crippen LogP contribution in [0.1, 0.15) is 32.5 Å². The van der Waals surface area contributed by atoms with E-state index in [9.17, 15) is 4.79 Å². The quantitative estimate of drug-likeness (QED) is 0.765. The molecule has 15 heavy (non-hydrogen) atoms. The summed E-state index contributed by atoms with van der Waals surface area (Å²) in [6.07, 6.45) is 2.34. The normalized spacial score (nSPS) is 10.9. The van der Waals surface area contributed by atoms with Gasteiger partial charge in [0.05, 0.1) is 18.7 Å². The third-order valence-corrected chi connectivity index (χ3v) is 2.14. The summed E-state index contributed by atoms with van der Waals surface area (Å²) in [4.78, 5) is 11.4. The van der Waals surface area contributed by atoms with Crippen molar-refractivity contribution in [2.75, 3.05) is 13.1 Å². The Hall–Kier alpha value is -1.16. The number of carbonyl (C=O) groups excluding carboxylic acids is 1. The van der Waals surface area contributed by atoms with Crippen molar-refractivity contribution in [2.24, 2.45) is 0 Å². The standard InChI is InChI=1S/C11H19N3O/c1-4-12-8-11(15)7-10-5-6-14(13-10)9(2)3/h5-6,9,12H,4,7-8H2,1-3H3. The second-order valence-electron chi connectivity index (χ2n) is 3.88. The van der Waals surface area contributed by atoms with Crippen LogP contribution >= 0.6 is 0 Å². The van der Waals surface area contributed by atoms with Crippen molar-refractivity contribution >= 4 is 5.78 Å². The van der Waals surface area contributed by atoms with Gasteiger partial charge < -0.3 is 5.32 Å². The van der Waals surface area contributed by atoms with Crippen molar-refractivity contribution in [3.05, 3.63) is 18.0 Å². The zero-order valence-corrected chi connectivity index (χ0v) is 9.66. The summed E-state index contributed by atoms with van der Waals surface area (Å²) in [5, 5.41) is 7.34. The summed E-state index contributed by atoms with van der Waals surface area (Å²) in [7, 11) is 0. The van der Waals surface area contributed by atoms with Crippen LogP contribution in [0.3, 0.4) is 0 Å². The molecule has 1 aromatic heterocycles. The molecular formula is C11H19N3O. The number of Topliss-reactive ketones (excluding diaryl/α,β-unsaturated/α-hetero) is 1. The average molecular weight is 209 g/mol. The highest BCUT2D eigenvalue weighted by atomic mass is 16.1. The lowest BCUT2D eigenvalue weighted by molar-refractivity contribution is -0.117. The van der Waals surface area contributed by atoms with Gasteiger partial charge in [-0.15, -0.1) is 0 Å². The van der Waals surface area contributed by atoms with E-state index in [2.05, 4.69) is 24.3 Å². The maximum Gasteiger partial charge on any atom is 0.152 e. The summed E-state index contributed by atoms with van der Waals surface area (Å²) in [5.41, 5.74) is 0.853. The minimum atomic E-state index is 0.186. The zero-order chi connectivity index (χ0) is 11.3. The van der Waals surface area contributed by atoms with Crippen LogP contribution in [0, 0.1) is 0 Å². The maximum absolute atomic E-state index is 11.4. The Kier molecular flexibility index (Phi) is 4.49. The molecule has 1 rings (SSSR count). The average Bonchev–Trinajstić information content (AvgIpc) is 2.63. The van der Waals surface area contributed by atoms with E-state index in [4.69, 9.17) is 0 Å². The highest BCUT2D eigenvalue weighted by Crippen LogP contribution is 2.04. The Morgan fingerprint density at radius 1 is 1.60 bits per heavy atom. The van der Waals surface area contributed by atoms with Crippen LogP contribution in [0.2, 0.25) is 0 Å². The number of nitrogens with one attached hydrogen (secondary N) is 1. The Morgan fingerprint density at radius 3 is 2.87 bits per heavy atom. The molecule has 0 aliphatic heterocycles. The molecule has 0 bridgehead atoms. The Balaban J connectivity index is 2.46. The molecule has 1 N–H and O–H groups in total. The molecule has 0 aromatic carbocycles. The highest BCUT2D eigenvalue weighted by Gasteiger charge is 2.06. The predicted molar refractivity (Wildman–Crippen MR) is 59.9 cm³/mol. The summed E-state index contributed by atoms with van der Waals surface area (Å²) in [6, 6.07) is 2.26. The number of rotatable bonds is 6. The first-order valence-corrected chi connectivity index (χ1v) is 5.40. The van der Waals surface area contributed by atoms with Crippen LogP contribution in [0.5, 0.6) is 0 Å². The minimum Gasteiger partial charge on any atom is -0.310 e. The first kappa shape index (κ1) is 11.9. The van der Waals surface area contributed by atoms with Crippen molar-refractivity contribution in [2.45, 2.75) is 33.2 Å². The molecule has 4 heteroatoms. The number of hydrogen-bond acceptors (Lipinski definition) is 3. The molecule has 0 fully saturated rings. The smallest absolute Gasteiger partial charge is 0.152 e.